The number of hydrogen-bond donors (Lipinski definition) is 1. The van der Waals surface area contributed by atoms with Gasteiger partial charge in [0.15, 0.2) is 5.82 Å². The number of rotatable bonds is 2. The Morgan fingerprint density at radius 1 is 1.18 bits per heavy atom. The first-order valence-corrected chi connectivity index (χ1v) is 9.31. The highest BCUT2D eigenvalue weighted by Gasteiger charge is 2.28. The molecule has 1 aliphatic rings. The van der Waals surface area contributed by atoms with Crippen molar-refractivity contribution in [2.24, 2.45) is 0 Å². The molecule has 0 fully saturated rings. The summed E-state index contributed by atoms with van der Waals surface area (Å²) in [5, 5.41) is 9.95. The van der Waals surface area contributed by atoms with Gasteiger partial charge in [-0.05, 0) is 36.1 Å². The maximum atomic E-state index is 12.2. The normalized spacial score (nSPS) is 11.6. The number of H-pyrrole nitrogens is 1. The molecule has 4 rings (SSSR count). The van der Waals surface area contributed by atoms with Crippen molar-refractivity contribution >= 4 is 35.0 Å². The van der Waals surface area contributed by atoms with Crippen molar-refractivity contribution in [3.63, 3.8) is 0 Å². The minimum Gasteiger partial charge on any atom is -0.449 e. The number of carbonyl (C=O) groups is 1. The first-order chi connectivity index (χ1) is 13.5. The number of hydrogen-bond acceptors (Lipinski definition) is 6. The van der Waals surface area contributed by atoms with Gasteiger partial charge in [0.1, 0.15) is 6.20 Å². The number of nitro groups is 1. The number of aromatic nitrogens is 2. The summed E-state index contributed by atoms with van der Waals surface area (Å²) in [6.45, 7) is 3.84. The Balaban J connectivity index is 0.000000211. The van der Waals surface area contributed by atoms with Crippen LogP contribution in [0.3, 0.4) is 0 Å². The number of carbonyl (C=O) groups excluding carboxylic acids is 1. The minimum atomic E-state index is -0.514. The molecule has 1 amide bonds. The molecule has 9 heteroatoms. The largest absolute Gasteiger partial charge is 0.449 e. The molecule has 28 heavy (non-hydrogen) atoms. The molecule has 1 aliphatic heterocycles. The fraction of sp³-hybridized carbons (Fsp3) is 0.158. The van der Waals surface area contributed by atoms with Crippen molar-refractivity contribution in [2.45, 2.75) is 23.6 Å². The molecule has 3 aromatic rings. The van der Waals surface area contributed by atoms with E-state index in [0.29, 0.717) is 12.4 Å². The molecule has 0 atom stereocenters. The Kier molecular flexibility index (Phi) is 5.95. The highest BCUT2D eigenvalue weighted by Crippen LogP contribution is 2.47. The number of aromatic amines is 1. The summed E-state index contributed by atoms with van der Waals surface area (Å²) in [7, 11) is 0. The first-order valence-electron chi connectivity index (χ1n) is 8.50. The number of nitrogens with zero attached hydrogens (tertiary/aromatic N) is 3. The van der Waals surface area contributed by atoms with Gasteiger partial charge in [0.2, 0.25) is 0 Å². The van der Waals surface area contributed by atoms with E-state index in [1.54, 1.807) is 23.6 Å². The number of para-hydroxylation sites is 2. The van der Waals surface area contributed by atoms with Crippen LogP contribution in [-0.4, -0.2) is 27.6 Å². The number of benzene rings is 2. The fourth-order valence-electron chi connectivity index (χ4n) is 2.59. The van der Waals surface area contributed by atoms with Gasteiger partial charge in [0.05, 0.1) is 18.0 Å². The molecule has 8 nitrogen and oxygen atoms in total. The summed E-state index contributed by atoms with van der Waals surface area (Å²) in [5.41, 5.74) is 1.76. The van der Waals surface area contributed by atoms with Crippen LogP contribution in [0.25, 0.3) is 0 Å². The lowest BCUT2D eigenvalue weighted by atomic mass is 10.2. The summed E-state index contributed by atoms with van der Waals surface area (Å²) in [6, 6.07) is 15.7. The van der Waals surface area contributed by atoms with Gasteiger partial charge in [-0.15, -0.1) is 0 Å². The van der Waals surface area contributed by atoms with Crippen molar-refractivity contribution in [1.82, 2.24) is 9.97 Å². The summed E-state index contributed by atoms with van der Waals surface area (Å²) in [4.78, 5) is 31.5. The van der Waals surface area contributed by atoms with E-state index in [-0.39, 0.29) is 11.9 Å². The molecule has 0 bridgehead atoms. The Morgan fingerprint density at radius 2 is 1.75 bits per heavy atom. The lowest BCUT2D eigenvalue weighted by Gasteiger charge is -2.29. The molecule has 0 saturated carbocycles. The lowest BCUT2D eigenvalue weighted by Crippen LogP contribution is -2.29. The third-order valence-corrected chi connectivity index (χ3v) is 4.90. The second kappa shape index (κ2) is 8.57. The number of ether oxygens (including phenoxy) is 1. The monoisotopic (exact) mass is 398 g/mol. The Morgan fingerprint density at radius 3 is 2.18 bits per heavy atom. The summed E-state index contributed by atoms with van der Waals surface area (Å²) >= 11 is 1.67. The molecular formula is C19H18N4O4S. The molecule has 2 heterocycles. The van der Waals surface area contributed by atoms with E-state index in [4.69, 9.17) is 4.74 Å². The molecular weight excluding hydrogens is 380 g/mol. The Labute approximate surface area is 165 Å². The van der Waals surface area contributed by atoms with Gasteiger partial charge >= 0.3 is 11.9 Å². The topological polar surface area (TPSA) is 101 Å². The standard InChI is InChI=1S/C15H13NO2S.C4H5N3O2/c1-2-18-15(17)16-11-7-3-5-9-13(11)19-14-10-6-4-8-12(14)16;1-3-5-2-4(6-3)7(8)9/h3-10H,2H2,1H3;2H,1H3,(H,5,6). The SMILES string of the molecule is CCOC(=O)N1c2ccccc2Sc2ccccc21.Cc1ncc([N+](=O)[O-])[nH]1. The third-order valence-electron chi connectivity index (χ3n) is 3.77. The Bertz CT molecular complexity index is 959. The second-order valence-electron chi connectivity index (χ2n) is 5.68. The van der Waals surface area contributed by atoms with Crippen LogP contribution < -0.4 is 4.90 Å². The maximum Gasteiger partial charge on any atom is 0.419 e. The molecule has 1 aromatic heterocycles. The summed E-state index contributed by atoms with van der Waals surface area (Å²) in [6.07, 6.45) is 0.859. The lowest BCUT2D eigenvalue weighted by molar-refractivity contribution is -0.389. The zero-order valence-corrected chi connectivity index (χ0v) is 16.1. The predicted octanol–water partition coefficient (Wildman–Crippen LogP) is 5.07. The predicted molar refractivity (Wildman–Crippen MR) is 106 cm³/mol. The van der Waals surface area contributed by atoms with E-state index in [1.807, 2.05) is 55.5 Å². The van der Waals surface area contributed by atoms with Gasteiger partial charge in [0.25, 0.3) is 0 Å². The van der Waals surface area contributed by atoms with Crippen molar-refractivity contribution in [1.29, 1.82) is 0 Å². The van der Waals surface area contributed by atoms with Gasteiger partial charge in [-0.1, -0.05) is 36.0 Å². The van der Waals surface area contributed by atoms with Gasteiger partial charge in [-0.3, -0.25) is 0 Å². The maximum absolute atomic E-state index is 12.2. The van der Waals surface area contributed by atoms with Gasteiger partial charge < -0.3 is 14.9 Å². The van der Waals surface area contributed by atoms with Crippen LogP contribution in [0, 0.1) is 17.0 Å². The molecule has 0 radical (unpaired) electrons. The second-order valence-corrected chi connectivity index (χ2v) is 6.77. The molecule has 0 saturated heterocycles. The van der Waals surface area contributed by atoms with Crippen LogP contribution in [0.1, 0.15) is 12.7 Å². The number of anilines is 2. The van der Waals surface area contributed by atoms with Gasteiger partial charge in [-0.25, -0.2) is 19.7 Å². The zero-order valence-electron chi connectivity index (χ0n) is 15.3. The minimum absolute atomic E-state index is 0.0625. The molecule has 0 spiro atoms. The van der Waals surface area contributed by atoms with Crippen LogP contribution >= 0.6 is 11.8 Å². The van der Waals surface area contributed by atoms with E-state index in [0.717, 1.165) is 21.2 Å². The van der Waals surface area contributed by atoms with E-state index < -0.39 is 4.92 Å². The van der Waals surface area contributed by atoms with Crippen LogP contribution in [0.4, 0.5) is 22.0 Å². The van der Waals surface area contributed by atoms with Crippen LogP contribution in [0.2, 0.25) is 0 Å². The Hall–Kier alpha value is -3.33. The average Bonchev–Trinajstić information content (AvgIpc) is 3.13. The van der Waals surface area contributed by atoms with Crippen molar-refractivity contribution < 1.29 is 14.5 Å². The zero-order chi connectivity index (χ0) is 20.1. The highest BCUT2D eigenvalue weighted by atomic mass is 32.2. The third kappa shape index (κ3) is 4.15. The number of aryl methyl sites for hydroxylation is 1. The number of imidazole rings is 1. The van der Waals surface area contributed by atoms with Crippen molar-refractivity contribution in [3.05, 3.63) is 70.7 Å². The first kappa shape index (κ1) is 19.4. The molecule has 0 aliphatic carbocycles. The van der Waals surface area contributed by atoms with Crippen LogP contribution in [0.5, 0.6) is 0 Å². The van der Waals surface area contributed by atoms with Gasteiger partial charge in [-0.2, -0.15) is 0 Å². The summed E-state index contributed by atoms with van der Waals surface area (Å²) in [5.74, 6) is 0.495. The van der Waals surface area contributed by atoms with Crippen molar-refractivity contribution in [2.75, 3.05) is 11.5 Å². The number of nitrogens with one attached hydrogen (secondary N) is 1. The quantitative estimate of drug-likeness (QED) is 0.477. The fourth-order valence-corrected chi connectivity index (χ4v) is 3.65. The van der Waals surface area contributed by atoms with Crippen molar-refractivity contribution in [3.8, 4) is 0 Å². The number of amides is 1. The molecule has 144 valence electrons. The van der Waals surface area contributed by atoms with Crippen LogP contribution in [-0.2, 0) is 4.74 Å². The smallest absolute Gasteiger partial charge is 0.419 e. The van der Waals surface area contributed by atoms with E-state index >= 15 is 0 Å². The molecule has 1 N–H and O–H groups in total. The van der Waals surface area contributed by atoms with Gasteiger partial charge in [0, 0.05) is 16.7 Å². The van der Waals surface area contributed by atoms with E-state index in [9.17, 15) is 14.9 Å². The van der Waals surface area contributed by atoms with E-state index in [2.05, 4.69) is 9.97 Å². The van der Waals surface area contributed by atoms with Crippen LogP contribution in [0.15, 0.2) is 64.5 Å². The molecule has 0 unspecified atom stereocenters. The highest BCUT2D eigenvalue weighted by molar-refractivity contribution is 7.99. The summed E-state index contributed by atoms with van der Waals surface area (Å²) < 4.78 is 5.17. The van der Waals surface area contributed by atoms with E-state index in [1.165, 1.54) is 6.20 Å². The molecule has 2 aromatic carbocycles. The average molecular weight is 398 g/mol. The number of fused-ring (bicyclic) bond motifs is 2.